The van der Waals surface area contributed by atoms with E-state index in [2.05, 4.69) is 10.6 Å². The third-order valence-corrected chi connectivity index (χ3v) is 4.30. The largest absolute Gasteiger partial charge is 0.354 e. The van der Waals surface area contributed by atoms with Crippen molar-refractivity contribution in [1.82, 2.24) is 15.5 Å². The number of likely N-dealkylation sites (N-methyl/N-ethyl adjacent to an activating group) is 1. The van der Waals surface area contributed by atoms with Gasteiger partial charge in [0.25, 0.3) is 0 Å². The lowest BCUT2D eigenvalue weighted by Gasteiger charge is -2.38. The first-order valence-electron chi connectivity index (χ1n) is 7.98. The van der Waals surface area contributed by atoms with Gasteiger partial charge in [0.15, 0.2) is 0 Å². The Hall–Kier alpha value is -1.10. The summed E-state index contributed by atoms with van der Waals surface area (Å²) in [4.78, 5) is 26.1. The third-order valence-electron chi connectivity index (χ3n) is 4.30. The van der Waals surface area contributed by atoms with Crippen molar-refractivity contribution in [2.45, 2.75) is 40.5 Å². The van der Waals surface area contributed by atoms with Crippen molar-refractivity contribution in [2.75, 3.05) is 33.2 Å². The summed E-state index contributed by atoms with van der Waals surface area (Å²) in [7, 11) is 1.72. The molecule has 1 fully saturated rings. The van der Waals surface area contributed by atoms with Crippen LogP contribution in [0.2, 0.25) is 0 Å². The van der Waals surface area contributed by atoms with Gasteiger partial charge in [-0.1, -0.05) is 27.7 Å². The van der Waals surface area contributed by atoms with Crippen LogP contribution in [0, 0.1) is 17.3 Å². The van der Waals surface area contributed by atoms with E-state index in [9.17, 15) is 9.59 Å². The van der Waals surface area contributed by atoms with Crippen LogP contribution >= 0.6 is 0 Å². The van der Waals surface area contributed by atoms with Crippen molar-refractivity contribution < 1.29 is 9.59 Å². The average molecular weight is 297 g/mol. The lowest BCUT2D eigenvalue weighted by Crippen LogP contribution is -2.50. The number of hydrogen-bond acceptors (Lipinski definition) is 3. The van der Waals surface area contributed by atoms with Crippen LogP contribution in [-0.2, 0) is 9.59 Å². The van der Waals surface area contributed by atoms with Gasteiger partial charge in [0.2, 0.25) is 11.8 Å². The molecule has 2 N–H and O–H groups in total. The molecule has 21 heavy (non-hydrogen) atoms. The fourth-order valence-electron chi connectivity index (χ4n) is 2.80. The molecule has 0 spiro atoms. The molecule has 122 valence electrons. The van der Waals surface area contributed by atoms with Gasteiger partial charge in [-0.25, -0.2) is 0 Å². The minimum Gasteiger partial charge on any atom is -0.354 e. The van der Waals surface area contributed by atoms with E-state index in [1.165, 1.54) is 0 Å². The van der Waals surface area contributed by atoms with Crippen molar-refractivity contribution in [3.05, 3.63) is 0 Å². The molecule has 0 aromatic rings. The van der Waals surface area contributed by atoms with Crippen LogP contribution in [0.15, 0.2) is 0 Å². The van der Waals surface area contributed by atoms with Crippen LogP contribution in [-0.4, -0.2) is 49.9 Å². The number of amides is 2. The highest BCUT2D eigenvalue weighted by Gasteiger charge is 2.39. The maximum Gasteiger partial charge on any atom is 0.239 e. The van der Waals surface area contributed by atoms with E-state index < -0.39 is 5.41 Å². The molecular formula is C16H31N3O2. The first-order chi connectivity index (χ1) is 9.75. The first-order valence-corrected chi connectivity index (χ1v) is 7.98. The molecule has 5 nitrogen and oxygen atoms in total. The molecule has 0 aromatic heterocycles. The van der Waals surface area contributed by atoms with E-state index in [0.29, 0.717) is 18.4 Å². The molecule has 0 aliphatic carbocycles. The van der Waals surface area contributed by atoms with Crippen molar-refractivity contribution in [3.8, 4) is 0 Å². The van der Waals surface area contributed by atoms with E-state index >= 15 is 0 Å². The number of rotatable bonds is 6. The Kier molecular flexibility index (Phi) is 6.65. The van der Waals surface area contributed by atoms with Gasteiger partial charge >= 0.3 is 0 Å². The minimum atomic E-state index is -0.430. The molecule has 1 unspecified atom stereocenters. The normalized spacial score (nSPS) is 19.4. The number of nitrogens with one attached hydrogen (secondary N) is 2. The zero-order valence-corrected chi connectivity index (χ0v) is 14.2. The van der Waals surface area contributed by atoms with Crippen LogP contribution in [0.25, 0.3) is 0 Å². The van der Waals surface area contributed by atoms with E-state index in [0.717, 1.165) is 25.9 Å². The molecule has 1 atom stereocenters. The van der Waals surface area contributed by atoms with Gasteiger partial charge in [0.1, 0.15) is 0 Å². The highest BCUT2D eigenvalue weighted by atomic mass is 16.2. The van der Waals surface area contributed by atoms with E-state index in [1.807, 2.05) is 27.7 Å². The molecule has 1 aliphatic heterocycles. The summed E-state index contributed by atoms with van der Waals surface area (Å²) in [6.45, 7) is 10.8. The summed E-state index contributed by atoms with van der Waals surface area (Å²) in [6.07, 6.45) is 2.18. The maximum absolute atomic E-state index is 12.7. The summed E-state index contributed by atoms with van der Waals surface area (Å²) in [5.41, 5.74) is -0.430. The van der Waals surface area contributed by atoms with Crippen molar-refractivity contribution in [2.24, 2.45) is 17.3 Å². The third kappa shape index (κ3) is 5.30. The van der Waals surface area contributed by atoms with Crippen LogP contribution in [0.5, 0.6) is 0 Å². The second-order valence-corrected chi connectivity index (χ2v) is 7.12. The smallest absolute Gasteiger partial charge is 0.239 e. The van der Waals surface area contributed by atoms with E-state index in [1.54, 1.807) is 11.9 Å². The second kappa shape index (κ2) is 7.78. The maximum atomic E-state index is 12.7. The van der Waals surface area contributed by atoms with Gasteiger partial charge in [0, 0.05) is 19.0 Å². The Morgan fingerprint density at radius 2 is 2.05 bits per heavy atom. The molecular weight excluding hydrogens is 266 g/mol. The molecule has 1 aliphatic rings. The molecule has 5 heteroatoms. The molecule has 0 bridgehead atoms. The summed E-state index contributed by atoms with van der Waals surface area (Å²) in [5, 5.41) is 6.21. The molecule has 1 heterocycles. The predicted octanol–water partition coefficient (Wildman–Crippen LogP) is 1.24. The highest BCUT2D eigenvalue weighted by Crippen LogP contribution is 2.33. The number of hydrogen-bond donors (Lipinski definition) is 2. The Morgan fingerprint density at radius 1 is 1.38 bits per heavy atom. The summed E-state index contributed by atoms with van der Waals surface area (Å²) >= 11 is 0. The summed E-state index contributed by atoms with van der Waals surface area (Å²) in [5.74, 6) is 0.715. The first kappa shape index (κ1) is 18.0. The van der Waals surface area contributed by atoms with Crippen molar-refractivity contribution in [3.63, 3.8) is 0 Å². The van der Waals surface area contributed by atoms with E-state index in [-0.39, 0.29) is 18.4 Å². The molecule has 0 aromatic carbocycles. The van der Waals surface area contributed by atoms with Gasteiger partial charge < -0.3 is 15.5 Å². The lowest BCUT2D eigenvalue weighted by atomic mass is 9.74. The predicted molar refractivity (Wildman–Crippen MR) is 84.9 cm³/mol. The topological polar surface area (TPSA) is 61.4 Å². The number of piperidine rings is 1. The fourth-order valence-corrected chi connectivity index (χ4v) is 2.80. The molecule has 0 saturated carbocycles. The zero-order valence-electron chi connectivity index (χ0n) is 14.2. The van der Waals surface area contributed by atoms with Crippen LogP contribution < -0.4 is 10.6 Å². The molecule has 2 amide bonds. The van der Waals surface area contributed by atoms with Crippen LogP contribution in [0.1, 0.15) is 40.5 Å². The molecule has 1 saturated heterocycles. The zero-order chi connectivity index (χ0) is 16.0. The molecule has 1 rings (SSSR count). The van der Waals surface area contributed by atoms with Gasteiger partial charge in [-0.05, 0) is 37.8 Å². The monoisotopic (exact) mass is 297 g/mol. The van der Waals surface area contributed by atoms with Crippen LogP contribution in [0.3, 0.4) is 0 Å². The van der Waals surface area contributed by atoms with E-state index in [4.69, 9.17) is 0 Å². The second-order valence-electron chi connectivity index (χ2n) is 7.12. The summed E-state index contributed by atoms with van der Waals surface area (Å²) < 4.78 is 0. The van der Waals surface area contributed by atoms with Crippen molar-refractivity contribution >= 4 is 11.8 Å². The Labute approximate surface area is 128 Å². The fraction of sp³-hybridized carbons (Fsp3) is 0.875. The van der Waals surface area contributed by atoms with Gasteiger partial charge in [-0.15, -0.1) is 0 Å². The number of nitrogens with zero attached hydrogens (tertiary/aromatic N) is 1. The number of carbonyl (C=O) groups is 2. The van der Waals surface area contributed by atoms with Gasteiger partial charge in [-0.3, -0.25) is 9.59 Å². The van der Waals surface area contributed by atoms with Gasteiger partial charge in [-0.2, -0.15) is 0 Å². The van der Waals surface area contributed by atoms with Gasteiger partial charge in [0.05, 0.1) is 6.54 Å². The SMILES string of the molecule is CC(C)CNC(=O)CN(C)C(=O)C(C)(C)C1CCCNC1. The highest BCUT2D eigenvalue weighted by molar-refractivity contribution is 5.87. The Balaban J connectivity index is 2.53. The lowest BCUT2D eigenvalue weighted by molar-refractivity contribution is -0.145. The number of carbonyl (C=O) groups excluding carboxylic acids is 2. The van der Waals surface area contributed by atoms with Crippen LogP contribution in [0.4, 0.5) is 0 Å². The average Bonchev–Trinajstić information content (AvgIpc) is 2.45. The Bertz CT molecular complexity index is 361. The quantitative estimate of drug-likeness (QED) is 0.775. The summed E-state index contributed by atoms with van der Waals surface area (Å²) in [6, 6.07) is 0. The minimum absolute atomic E-state index is 0.0518. The standard InChI is InChI=1S/C16H31N3O2/c1-12(2)9-18-14(20)11-19(5)15(21)16(3,4)13-7-6-8-17-10-13/h12-13,17H,6-11H2,1-5H3,(H,18,20). The Morgan fingerprint density at radius 3 is 2.57 bits per heavy atom. The van der Waals surface area contributed by atoms with Crippen molar-refractivity contribution in [1.29, 1.82) is 0 Å². The molecule has 0 radical (unpaired) electrons.